The molecule has 0 aliphatic carbocycles. The molecular formula is C22H28N6OS. The molecule has 0 atom stereocenters. The molecule has 0 aliphatic rings. The molecule has 0 saturated heterocycles. The second-order valence-corrected chi connectivity index (χ2v) is 8.66. The van der Waals surface area contributed by atoms with Gasteiger partial charge in [-0.05, 0) is 66.6 Å². The molecule has 0 bridgehead atoms. The third kappa shape index (κ3) is 5.82. The molecule has 1 amide bonds. The summed E-state index contributed by atoms with van der Waals surface area (Å²) < 4.78 is 1.76. The number of amides is 1. The Labute approximate surface area is 181 Å². The number of anilines is 3. The van der Waals surface area contributed by atoms with Gasteiger partial charge in [0.05, 0.1) is 5.75 Å². The molecule has 1 aromatic heterocycles. The van der Waals surface area contributed by atoms with Crippen LogP contribution in [-0.4, -0.2) is 37.9 Å². The minimum atomic E-state index is 0.0258. The fourth-order valence-electron chi connectivity index (χ4n) is 3.08. The Balaban J connectivity index is 1.66. The maximum Gasteiger partial charge on any atom is 0.237 e. The van der Waals surface area contributed by atoms with E-state index in [0.29, 0.717) is 11.1 Å². The quantitative estimate of drug-likeness (QED) is 0.506. The molecular weight excluding hydrogens is 396 g/mol. The average Bonchev–Trinajstić information content (AvgIpc) is 3.14. The van der Waals surface area contributed by atoms with E-state index in [4.69, 9.17) is 0 Å². The van der Waals surface area contributed by atoms with Crippen molar-refractivity contribution in [3.63, 3.8) is 0 Å². The number of para-hydroxylation sites is 1. The predicted molar refractivity (Wildman–Crippen MR) is 122 cm³/mol. The molecule has 1 N–H and O–H groups in total. The van der Waals surface area contributed by atoms with Gasteiger partial charge in [0.15, 0.2) is 0 Å². The highest BCUT2D eigenvalue weighted by Crippen LogP contribution is 2.24. The Morgan fingerprint density at radius 1 is 1.03 bits per heavy atom. The first-order chi connectivity index (χ1) is 14.4. The summed E-state index contributed by atoms with van der Waals surface area (Å²) in [4.78, 5) is 14.8. The zero-order valence-corrected chi connectivity index (χ0v) is 18.6. The molecule has 158 valence electrons. The number of nitrogens with zero attached hydrogens (tertiary/aromatic N) is 5. The Morgan fingerprint density at radius 2 is 1.70 bits per heavy atom. The van der Waals surface area contributed by atoms with Crippen LogP contribution in [0.3, 0.4) is 0 Å². The van der Waals surface area contributed by atoms with Crippen LogP contribution in [0.4, 0.5) is 17.1 Å². The van der Waals surface area contributed by atoms with E-state index >= 15 is 0 Å². The Bertz CT molecular complexity index is 940. The highest BCUT2D eigenvalue weighted by molar-refractivity contribution is 7.99. The van der Waals surface area contributed by atoms with E-state index in [9.17, 15) is 4.79 Å². The maximum absolute atomic E-state index is 13.0. The number of hydrogen-bond acceptors (Lipinski definition) is 6. The van der Waals surface area contributed by atoms with Gasteiger partial charge in [-0.25, -0.2) is 4.68 Å². The minimum absolute atomic E-state index is 0.0258. The lowest BCUT2D eigenvalue weighted by molar-refractivity contribution is -0.116. The van der Waals surface area contributed by atoms with Crippen LogP contribution in [0.1, 0.15) is 27.7 Å². The van der Waals surface area contributed by atoms with Gasteiger partial charge < -0.3 is 10.2 Å². The van der Waals surface area contributed by atoms with Crippen LogP contribution in [0.2, 0.25) is 0 Å². The molecule has 30 heavy (non-hydrogen) atoms. The van der Waals surface area contributed by atoms with E-state index in [1.54, 1.807) is 4.68 Å². The average molecular weight is 425 g/mol. The second-order valence-electron chi connectivity index (χ2n) is 7.72. The fourth-order valence-corrected chi connectivity index (χ4v) is 3.83. The molecule has 7 nitrogen and oxygen atoms in total. The van der Waals surface area contributed by atoms with Gasteiger partial charge in [0.1, 0.15) is 0 Å². The lowest BCUT2D eigenvalue weighted by Crippen LogP contribution is -2.38. The molecule has 8 heteroatoms. The van der Waals surface area contributed by atoms with Crippen molar-refractivity contribution < 1.29 is 4.79 Å². The molecule has 0 spiro atoms. The third-order valence-corrected chi connectivity index (χ3v) is 5.30. The van der Waals surface area contributed by atoms with Gasteiger partial charge in [0, 0.05) is 29.6 Å². The van der Waals surface area contributed by atoms with Crippen molar-refractivity contribution in [1.82, 2.24) is 20.2 Å². The lowest BCUT2D eigenvalue weighted by Gasteiger charge is -2.27. The summed E-state index contributed by atoms with van der Waals surface area (Å²) in [6.07, 6.45) is 0. The highest BCUT2D eigenvalue weighted by Gasteiger charge is 2.20. The first kappa shape index (κ1) is 21.8. The summed E-state index contributed by atoms with van der Waals surface area (Å²) in [7, 11) is 0. The van der Waals surface area contributed by atoms with Crippen molar-refractivity contribution in [1.29, 1.82) is 0 Å². The number of nitrogens with one attached hydrogen (secondary N) is 1. The number of rotatable bonds is 9. The molecule has 3 rings (SSSR count). The number of benzene rings is 2. The number of tetrazole rings is 1. The molecule has 0 saturated carbocycles. The van der Waals surface area contributed by atoms with E-state index in [2.05, 4.69) is 34.7 Å². The van der Waals surface area contributed by atoms with Gasteiger partial charge in [-0.1, -0.05) is 43.8 Å². The molecule has 1 heterocycles. The fraction of sp³-hybridized carbons (Fsp3) is 0.364. The first-order valence-corrected chi connectivity index (χ1v) is 11.1. The van der Waals surface area contributed by atoms with Gasteiger partial charge in [0.25, 0.3) is 0 Å². The van der Waals surface area contributed by atoms with Crippen LogP contribution in [0.5, 0.6) is 0 Å². The van der Waals surface area contributed by atoms with Crippen LogP contribution in [0.15, 0.2) is 59.8 Å². The summed E-state index contributed by atoms with van der Waals surface area (Å²) in [5.41, 5.74) is 2.87. The maximum atomic E-state index is 13.0. The van der Waals surface area contributed by atoms with Gasteiger partial charge in [-0.3, -0.25) is 4.79 Å². The predicted octanol–water partition coefficient (Wildman–Crippen LogP) is 4.61. The van der Waals surface area contributed by atoms with Crippen molar-refractivity contribution in [2.45, 2.75) is 45.4 Å². The molecule has 0 fully saturated rings. The van der Waals surface area contributed by atoms with Gasteiger partial charge >= 0.3 is 0 Å². The van der Waals surface area contributed by atoms with E-state index in [1.807, 2.05) is 73.3 Å². The Hall–Kier alpha value is -2.87. The minimum Gasteiger partial charge on any atom is -0.356 e. The molecule has 3 aromatic rings. The second kappa shape index (κ2) is 10.2. The summed E-state index contributed by atoms with van der Waals surface area (Å²) in [6, 6.07) is 18.0. The molecule has 0 unspecified atom stereocenters. The summed E-state index contributed by atoms with van der Waals surface area (Å²) in [5.74, 6) is 0.734. The molecule has 0 aliphatic heterocycles. The summed E-state index contributed by atoms with van der Waals surface area (Å²) in [5, 5.41) is 15.9. The van der Waals surface area contributed by atoms with Crippen molar-refractivity contribution >= 4 is 34.7 Å². The van der Waals surface area contributed by atoms with E-state index in [1.165, 1.54) is 11.8 Å². The first-order valence-electron chi connectivity index (χ1n) is 10.1. The number of hydrogen-bond donors (Lipinski definition) is 1. The largest absolute Gasteiger partial charge is 0.356 e. The summed E-state index contributed by atoms with van der Waals surface area (Å²) >= 11 is 1.37. The van der Waals surface area contributed by atoms with E-state index in [-0.39, 0.29) is 17.7 Å². The topological polar surface area (TPSA) is 75.9 Å². The standard InChI is InChI=1S/C22H28N6OS/c1-16(2)14-27-22(24-25-26-27)30-15-21(29)28(17(3)4)20-12-10-19(11-13-20)23-18-8-6-5-7-9-18/h5-13,16-17,23H,14-15H2,1-4H3. The Kier molecular flexibility index (Phi) is 7.46. The zero-order valence-electron chi connectivity index (χ0n) is 17.8. The van der Waals surface area contributed by atoms with Gasteiger partial charge in [-0.2, -0.15) is 0 Å². The summed E-state index contributed by atoms with van der Waals surface area (Å²) in [6.45, 7) is 8.98. The monoisotopic (exact) mass is 424 g/mol. The molecule has 2 aromatic carbocycles. The van der Waals surface area contributed by atoms with Crippen molar-refractivity contribution in [2.24, 2.45) is 5.92 Å². The number of aromatic nitrogens is 4. The number of carbonyl (C=O) groups excluding carboxylic acids is 1. The van der Waals surface area contributed by atoms with Gasteiger partial charge in [0.2, 0.25) is 11.1 Å². The van der Waals surface area contributed by atoms with Crippen LogP contribution >= 0.6 is 11.8 Å². The van der Waals surface area contributed by atoms with Crippen LogP contribution in [0, 0.1) is 5.92 Å². The smallest absolute Gasteiger partial charge is 0.237 e. The van der Waals surface area contributed by atoms with Crippen molar-refractivity contribution in [2.75, 3.05) is 16.0 Å². The lowest BCUT2D eigenvalue weighted by atomic mass is 10.2. The number of carbonyl (C=O) groups is 1. The zero-order chi connectivity index (χ0) is 21.5. The highest BCUT2D eigenvalue weighted by atomic mass is 32.2. The van der Waals surface area contributed by atoms with E-state index in [0.717, 1.165) is 23.6 Å². The van der Waals surface area contributed by atoms with Crippen LogP contribution in [-0.2, 0) is 11.3 Å². The Morgan fingerprint density at radius 3 is 2.33 bits per heavy atom. The SMILES string of the molecule is CC(C)Cn1nnnc1SCC(=O)N(c1ccc(Nc2ccccc2)cc1)C(C)C. The third-order valence-electron chi connectivity index (χ3n) is 4.35. The number of thioether (sulfide) groups is 1. The normalized spacial score (nSPS) is 11.1. The van der Waals surface area contributed by atoms with Crippen LogP contribution < -0.4 is 10.2 Å². The van der Waals surface area contributed by atoms with Crippen molar-refractivity contribution in [3.8, 4) is 0 Å². The van der Waals surface area contributed by atoms with Crippen molar-refractivity contribution in [3.05, 3.63) is 54.6 Å². The van der Waals surface area contributed by atoms with Gasteiger partial charge in [-0.15, -0.1) is 5.10 Å². The molecule has 0 radical (unpaired) electrons. The van der Waals surface area contributed by atoms with Crippen LogP contribution in [0.25, 0.3) is 0 Å². The van der Waals surface area contributed by atoms with E-state index < -0.39 is 0 Å².